The van der Waals surface area contributed by atoms with Crippen LogP contribution in [-0.4, -0.2) is 23.5 Å². The van der Waals surface area contributed by atoms with E-state index in [1.165, 1.54) is 36.0 Å². The summed E-state index contributed by atoms with van der Waals surface area (Å²) in [6.45, 7) is 5.79. The highest BCUT2D eigenvalue weighted by Gasteiger charge is 2.28. The first-order valence-corrected chi connectivity index (χ1v) is 6.96. The van der Waals surface area contributed by atoms with Gasteiger partial charge in [-0.25, -0.2) is 0 Å². The zero-order valence-corrected chi connectivity index (χ0v) is 11.5. The molecule has 96 valence electrons. The largest absolute Gasteiger partial charge is 0.357 e. The summed E-state index contributed by atoms with van der Waals surface area (Å²) in [6.07, 6.45) is 2.40. The van der Waals surface area contributed by atoms with E-state index >= 15 is 0 Å². The van der Waals surface area contributed by atoms with Crippen LogP contribution in [0.3, 0.4) is 0 Å². The van der Waals surface area contributed by atoms with E-state index in [0.29, 0.717) is 6.04 Å². The summed E-state index contributed by atoms with van der Waals surface area (Å²) in [7, 11) is 2.25. The molecular formula is C16H22N2. The van der Waals surface area contributed by atoms with Gasteiger partial charge in [-0.3, -0.25) is 4.90 Å². The molecule has 1 aliphatic heterocycles. The van der Waals surface area contributed by atoms with Crippen LogP contribution in [0.15, 0.2) is 24.3 Å². The van der Waals surface area contributed by atoms with Gasteiger partial charge in [-0.1, -0.05) is 32.0 Å². The SMILES string of the molecule is CC(C)CC1c2[nH]c3ccccc3c2CCN1C. The van der Waals surface area contributed by atoms with Crippen LogP contribution in [0.1, 0.15) is 37.6 Å². The number of benzene rings is 1. The van der Waals surface area contributed by atoms with Crippen molar-refractivity contribution in [2.24, 2.45) is 5.92 Å². The molecule has 0 fully saturated rings. The van der Waals surface area contributed by atoms with Crippen LogP contribution in [-0.2, 0) is 6.42 Å². The Labute approximate surface area is 109 Å². The van der Waals surface area contributed by atoms with Gasteiger partial charge in [0.2, 0.25) is 0 Å². The quantitative estimate of drug-likeness (QED) is 0.850. The summed E-state index contributed by atoms with van der Waals surface area (Å²) in [4.78, 5) is 6.16. The summed E-state index contributed by atoms with van der Waals surface area (Å²) in [5, 5.41) is 1.43. The van der Waals surface area contributed by atoms with Gasteiger partial charge in [-0.2, -0.15) is 0 Å². The van der Waals surface area contributed by atoms with E-state index in [4.69, 9.17) is 0 Å². The van der Waals surface area contributed by atoms with Gasteiger partial charge in [0.15, 0.2) is 0 Å². The molecule has 1 atom stereocenters. The molecule has 1 N–H and O–H groups in total. The molecule has 0 radical (unpaired) electrons. The van der Waals surface area contributed by atoms with E-state index in [1.54, 1.807) is 5.56 Å². The molecular weight excluding hydrogens is 220 g/mol. The second-order valence-corrected chi connectivity index (χ2v) is 5.94. The van der Waals surface area contributed by atoms with Crippen molar-refractivity contribution in [3.05, 3.63) is 35.5 Å². The first-order chi connectivity index (χ1) is 8.66. The summed E-state index contributed by atoms with van der Waals surface area (Å²) >= 11 is 0. The third-order valence-electron chi connectivity index (χ3n) is 4.12. The first kappa shape index (κ1) is 11.8. The molecule has 0 amide bonds. The van der Waals surface area contributed by atoms with Crippen LogP contribution >= 0.6 is 0 Å². The van der Waals surface area contributed by atoms with E-state index in [2.05, 4.69) is 55.0 Å². The van der Waals surface area contributed by atoms with E-state index < -0.39 is 0 Å². The summed E-state index contributed by atoms with van der Waals surface area (Å²) in [6, 6.07) is 9.27. The third-order valence-corrected chi connectivity index (χ3v) is 4.12. The average molecular weight is 242 g/mol. The summed E-state index contributed by atoms with van der Waals surface area (Å²) in [5.74, 6) is 0.731. The van der Waals surface area contributed by atoms with Gasteiger partial charge < -0.3 is 4.98 Å². The highest BCUT2D eigenvalue weighted by molar-refractivity contribution is 5.85. The smallest absolute Gasteiger partial charge is 0.0501 e. The van der Waals surface area contributed by atoms with Crippen molar-refractivity contribution in [3.63, 3.8) is 0 Å². The lowest BCUT2D eigenvalue weighted by molar-refractivity contribution is 0.199. The number of hydrogen-bond donors (Lipinski definition) is 1. The van der Waals surface area contributed by atoms with Crippen LogP contribution in [0.2, 0.25) is 0 Å². The molecule has 0 aliphatic carbocycles. The molecule has 0 saturated heterocycles. The Morgan fingerprint density at radius 1 is 1.33 bits per heavy atom. The Hall–Kier alpha value is -1.28. The highest BCUT2D eigenvalue weighted by Crippen LogP contribution is 2.36. The van der Waals surface area contributed by atoms with E-state index in [-0.39, 0.29) is 0 Å². The maximum Gasteiger partial charge on any atom is 0.0501 e. The molecule has 1 aromatic carbocycles. The number of aromatic nitrogens is 1. The molecule has 0 spiro atoms. The van der Waals surface area contributed by atoms with Crippen molar-refractivity contribution in [2.45, 2.75) is 32.7 Å². The fraction of sp³-hybridized carbons (Fsp3) is 0.500. The summed E-state index contributed by atoms with van der Waals surface area (Å²) in [5.41, 5.74) is 4.31. The van der Waals surface area contributed by atoms with Crippen LogP contribution < -0.4 is 0 Å². The van der Waals surface area contributed by atoms with Gasteiger partial charge in [-0.05, 0) is 37.4 Å². The number of likely N-dealkylation sites (N-methyl/N-ethyl adjacent to an activating group) is 1. The van der Waals surface area contributed by atoms with Gasteiger partial charge in [0.25, 0.3) is 0 Å². The molecule has 2 nitrogen and oxygen atoms in total. The zero-order chi connectivity index (χ0) is 12.7. The Morgan fingerprint density at radius 2 is 2.11 bits per heavy atom. The predicted octanol–water partition coefficient (Wildman–Crippen LogP) is 3.74. The van der Waals surface area contributed by atoms with Gasteiger partial charge in [0, 0.05) is 23.1 Å². The van der Waals surface area contributed by atoms with E-state index in [1.807, 2.05) is 0 Å². The van der Waals surface area contributed by atoms with Crippen molar-refractivity contribution in [3.8, 4) is 0 Å². The number of para-hydroxylation sites is 1. The minimum Gasteiger partial charge on any atom is -0.357 e. The zero-order valence-electron chi connectivity index (χ0n) is 11.5. The fourth-order valence-electron chi connectivity index (χ4n) is 3.18. The molecule has 18 heavy (non-hydrogen) atoms. The van der Waals surface area contributed by atoms with Gasteiger partial charge in [0.05, 0.1) is 6.04 Å². The standard InChI is InChI=1S/C16H22N2/c1-11(2)10-15-16-13(8-9-18(15)3)12-6-4-5-7-14(12)17-16/h4-7,11,15,17H,8-10H2,1-3H3. The minimum atomic E-state index is 0.557. The van der Waals surface area contributed by atoms with Crippen molar-refractivity contribution in [1.82, 2.24) is 9.88 Å². The van der Waals surface area contributed by atoms with Crippen molar-refractivity contribution in [1.29, 1.82) is 0 Å². The molecule has 1 aromatic heterocycles. The number of H-pyrrole nitrogens is 1. The predicted molar refractivity (Wildman–Crippen MR) is 76.8 cm³/mol. The Balaban J connectivity index is 2.10. The van der Waals surface area contributed by atoms with Crippen LogP contribution in [0.5, 0.6) is 0 Å². The monoisotopic (exact) mass is 242 g/mol. The molecule has 2 heteroatoms. The first-order valence-electron chi connectivity index (χ1n) is 6.96. The fourth-order valence-corrected chi connectivity index (χ4v) is 3.18. The summed E-state index contributed by atoms with van der Waals surface area (Å²) < 4.78 is 0. The van der Waals surface area contributed by atoms with Gasteiger partial charge in [-0.15, -0.1) is 0 Å². The molecule has 1 unspecified atom stereocenters. The maximum atomic E-state index is 3.66. The van der Waals surface area contributed by atoms with Crippen LogP contribution in [0, 0.1) is 5.92 Å². The Bertz CT molecular complexity index is 553. The Morgan fingerprint density at radius 3 is 2.89 bits per heavy atom. The van der Waals surface area contributed by atoms with Gasteiger partial charge >= 0.3 is 0 Å². The number of nitrogens with one attached hydrogen (secondary N) is 1. The number of hydrogen-bond acceptors (Lipinski definition) is 1. The molecule has 2 heterocycles. The lowest BCUT2D eigenvalue weighted by Gasteiger charge is -2.33. The molecule has 2 aromatic rings. The average Bonchev–Trinajstić information content (AvgIpc) is 2.71. The molecule has 3 rings (SSSR count). The second-order valence-electron chi connectivity index (χ2n) is 5.94. The topological polar surface area (TPSA) is 19.0 Å². The van der Waals surface area contributed by atoms with Crippen LogP contribution in [0.4, 0.5) is 0 Å². The van der Waals surface area contributed by atoms with Crippen molar-refractivity contribution >= 4 is 10.9 Å². The molecule has 0 bridgehead atoms. The normalized spacial score (nSPS) is 20.6. The maximum absolute atomic E-state index is 3.66. The van der Waals surface area contributed by atoms with Gasteiger partial charge in [0.1, 0.15) is 0 Å². The van der Waals surface area contributed by atoms with Crippen molar-refractivity contribution < 1.29 is 0 Å². The number of rotatable bonds is 2. The van der Waals surface area contributed by atoms with Crippen LogP contribution in [0.25, 0.3) is 10.9 Å². The minimum absolute atomic E-state index is 0.557. The number of aromatic amines is 1. The molecule has 0 saturated carbocycles. The number of fused-ring (bicyclic) bond motifs is 3. The molecule has 1 aliphatic rings. The van der Waals surface area contributed by atoms with E-state index in [9.17, 15) is 0 Å². The lowest BCUT2D eigenvalue weighted by atomic mass is 9.92. The number of nitrogens with zero attached hydrogens (tertiary/aromatic N) is 1. The second kappa shape index (κ2) is 4.43. The Kier molecular flexibility index (Phi) is 2.90. The third kappa shape index (κ3) is 1.85. The van der Waals surface area contributed by atoms with Crippen molar-refractivity contribution in [2.75, 3.05) is 13.6 Å². The highest BCUT2D eigenvalue weighted by atomic mass is 15.1. The lowest BCUT2D eigenvalue weighted by Crippen LogP contribution is -2.32. The van der Waals surface area contributed by atoms with E-state index in [0.717, 1.165) is 5.92 Å².